The second kappa shape index (κ2) is 13.6. The smallest absolute Gasteiger partial charge is 0.498 e. The molecule has 312 valence electrons. The van der Waals surface area contributed by atoms with Crippen molar-refractivity contribution in [3.05, 3.63) is 156 Å². The number of aromatic nitrogens is 7. The fourth-order valence-electron chi connectivity index (χ4n) is 10.5. The van der Waals surface area contributed by atoms with E-state index in [0.29, 0.717) is 0 Å². The Morgan fingerprint density at radius 1 is 0.688 bits per heavy atom. The molecule has 1 aliphatic heterocycles. The zero-order valence-corrected chi connectivity index (χ0v) is 38.7. The predicted octanol–water partition coefficient (Wildman–Crippen LogP) is 11.2. The Kier molecular flexibility index (Phi) is 8.21. The first-order valence-electron chi connectivity index (χ1n) is 21.5. The van der Waals surface area contributed by atoms with Crippen LogP contribution in [0.5, 0.6) is 0 Å². The fourth-order valence-corrected chi connectivity index (χ4v) is 10.5. The number of para-hydroxylation sites is 3. The summed E-state index contributed by atoms with van der Waals surface area (Å²) in [6.45, 7) is 13.1. The Morgan fingerprint density at radius 2 is 1.42 bits per heavy atom. The van der Waals surface area contributed by atoms with E-state index in [2.05, 4.69) is 187 Å². The number of hydrogen-bond donors (Lipinski definition) is 0. The first kappa shape index (κ1) is 38.8. The summed E-state index contributed by atoms with van der Waals surface area (Å²) in [6.07, 6.45) is 5.92. The maximum Gasteiger partial charge on any atom is 2.00 e. The van der Waals surface area contributed by atoms with Crippen molar-refractivity contribution in [2.45, 2.75) is 47.0 Å². The van der Waals surface area contributed by atoms with Gasteiger partial charge in [0.2, 0.25) is 5.78 Å². The third kappa shape index (κ3) is 5.14. The summed E-state index contributed by atoms with van der Waals surface area (Å²) < 4.78 is 16.1. The van der Waals surface area contributed by atoms with Gasteiger partial charge in [0.25, 0.3) is 0 Å². The second-order valence-electron chi connectivity index (χ2n) is 18.2. The van der Waals surface area contributed by atoms with Crippen molar-refractivity contribution in [1.29, 1.82) is 0 Å². The number of pyridine rings is 1. The topological polar surface area (TPSA) is 74.2 Å². The number of rotatable bonds is 3. The quantitative estimate of drug-likeness (QED) is 0.130. The summed E-state index contributed by atoms with van der Waals surface area (Å²) in [7, 11) is 2.19. The van der Waals surface area contributed by atoms with Crippen LogP contribution in [0.25, 0.3) is 94.5 Å². The largest absolute Gasteiger partial charge is 2.00 e. The van der Waals surface area contributed by atoms with Crippen LogP contribution in [0, 0.1) is 32.9 Å². The average molecular weight is 1010 g/mol. The Balaban J connectivity index is 0.00000433. The van der Waals surface area contributed by atoms with Gasteiger partial charge in [0.05, 0.1) is 16.6 Å². The van der Waals surface area contributed by atoms with Crippen LogP contribution in [0.4, 0.5) is 5.69 Å². The molecule has 11 heteroatoms. The molecule has 0 unspecified atom stereocenters. The molecule has 9 nitrogen and oxygen atoms in total. The van der Waals surface area contributed by atoms with E-state index in [0.717, 1.165) is 106 Å². The number of fused-ring (bicyclic) bond motifs is 15. The molecule has 0 saturated carbocycles. The van der Waals surface area contributed by atoms with E-state index in [1.165, 1.54) is 22.2 Å². The maximum absolute atomic E-state index is 7.05. The first-order valence-corrected chi connectivity index (χ1v) is 21.5. The number of furan rings is 1. The van der Waals surface area contributed by atoms with E-state index in [-0.39, 0.29) is 33.5 Å². The van der Waals surface area contributed by atoms with Gasteiger partial charge in [-0.25, -0.2) is 9.97 Å². The Morgan fingerprint density at radius 3 is 2.23 bits per heavy atom. The van der Waals surface area contributed by atoms with Crippen molar-refractivity contribution < 1.29 is 25.5 Å². The van der Waals surface area contributed by atoms with Gasteiger partial charge in [0, 0.05) is 41.0 Å². The maximum atomic E-state index is 7.05. The van der Waals surface area contributed by atoms with E-state index in [1.807, 2.05) is 18.5 Å². The van der Waals surface area contributed by atoms with Crippen molar-refractivity contribution in [2.75, 3.05) is 11.9 Å². The third-order valence-corrected chi connectivity index (χ3v) is 13.5. The summed E-state index contributed by atoms with van der Waals surface area (Å²) in [5.41, 5.74) is 16.1. The van der Waals surface area contributed by atoms with E-state index in [9.17, 15) is 0 Å². The van der Waals surface area contributed by atoms with Crippen molar-refractivity contribution in [2.24, 2.45) is 0 Å². The number of imidazole rings is 3. The molecule has 7 heterocycles. The molecule has 13 rings (SSSR count). The minimum absolute atomic E-state index is 0. The van der Waals surface area contributed by atoms with Crippen molar-refractivity contribution in [1.82, 2.24) is 33.0 Å². The molecular weight excluding hydrogens is 971 g/mol. The Hall–Kier alpha value is -6.90. The van der Waals surface area contributed by atoms with Gasteiger partial charge in [0.1, 0.15) is 11.4 Å². The fraction of sp³-hybridized carbons (Fsp3) is 0.151. The van der Waals surface area contributed by atoms with Gasteiger partial charge in [0.15, 0.2) is 0 Å². The van der Waals surface area contributed by atoms with Crippen LogP contribution in [0.15, 0.2) is 126 Å². The van der Waals surface area contributed by atoms with Gasteiger partial charge < -0.3 is 22.7 Å². The van der Waals surface area contributed by atoms with E-state index in [4.69, 9.17) is 19.4 Å². The molecule has 6 aromatic carbocycles. The molecule has 0 fully saturated rings. The van der Waals surface area contributed by atoms with E-state index in [1.54, 1.807) is 0 Å². The summed E-state index contributed by atoms with van der Waals surface area (Å²) >= 11 is 0. The van der Waals surface area contributed by atoms with Crippen molar-refractivity contribution in [3.63, 3.8) is 0 Å². The van der Waals surface area contributed by atoms with Gasteiger partial charge in [-0.15, -0.1) is 23.6 Å². The predicted molar refractivity (Wildman–Crippen MR) is 256 cm³/mol. The second-order valence-corrected chi connectivity index (χ2v) is 18.2. The van der Waals surface area contributed by atoms with E-state index < -0.39 is 0 Å². The number of hydrogen-bond acceptors (Lipinski definition) is 5. The Labute approximate surface area is 384 Å². The molecule has 64 heavy (non-hydrogen) atoms. The van der Waals surface area contributed by atoms with Gasteiger partial charge in [-0.3, -0.25) is 9.55 Å². The molecule has 0 aliphatic carbocycles. The molecule has 0 amide bonds. The van der Waals surface area contributed by atoms with Crippen LogP contribution in [-0.4, -0.2) is 47.0 Å². The van der Waals surface area contributed by atoms with Gasteiger partial charge in [-0.1, -0.05) is 110 Å². The van der Waals surface area contributed by atoms with Crippen LogP contribution in [0.2, 0.25) is 0 Å². The number of benzene rings is 6. The summed E-state index contributed by atoms with van der Waals surface area (Å²) in [4.78, 5) is 17.8. The van der Waals surface area contributed by atoms with Crippen LogP contribution in [-0.2, 0) is 26.5 Å². The summed E-state index contributed by atoms with van der Waals surface area (Å²) in [6, 6.07) is 44.5. The van der Waals surface area contributed by atoms with Gasteiger partial charge in [-0.2, -0.15) is 0 Å². The summed E-state index contributed by atoms with van der Waals surface area (Å²) in [5.74, 6) is 2.45. The van der Waals surface area contributed by atoms with E-state index >= 15 is 0 Å². The molecular formula is C53H41BN8OPt. The van der Waals surface area contributed by atoms with Crippen LogP contribution in [0.3, 0.4) is 0 Å². The molecule has 12 aromatic rings. The molecule has 0 bridgehead atoms. The Bertz CT molecular complexity index is 3910. The van der Waals surface area contributed by atoms with Crippen LogP contribution < -0.4 is 10.3 Å². The average Bonchev–Trinajstić information content (AvgIpc) is 4.10. The molecule has 0 atom stereocenters. The molecule has 0 spiro atoms. The monoisotopic (exact) mass is 1010 g/mol. The zero-order chi connectivity index (χ0) is 42.6. The zero-order valence-electron chi connectivity index (χ0n) is 36.4. The number of anilines is 1. The van der Waals surface area contributed by atoms with Crippen LogP contribution in [0.1, 0.15) is 43.0 Å². The van der Waals surface area contributed by atoms with Gasteiger partial charge in [-0.05, 0) is 108 Å². The molecule has 0 radical (unpaired) electrons. The molecule has 1 aliphatic rings. The van der Waals surface area contributed by atoms with Crippen molar-refractivity contribution in [3.8, 4) is 22.9 Å². The third-order valence-electron chi connectivity index (χ3n) is 13.5. The first-order chi connectivity index (χ1) is 30.6. The number of nitrogens with zero attached hydrogens (tertiary/aromatic N) is 8. The number of aryl methyl sites for hydroxylation is 3. The van der Waals surface area contributed by atoms with Crippen LogP contribution >= 0.6 is 0 Å². The molecule has 0 saturated heterocycles. The van der Waals surface area contributed by atoms with Gasteiger partial charge >= 0.3 is 28.0 Å². The molecule has 0 N–H and O–H groups in total. The SMILES string of the molecule is Cc1cccc(C)c1B1N(C)c2c([c-]c(-n3c4[c-]c5c(cc4c4ccccc43)n3c4cccc(C)c4nc3n5-c3cc(C(C)(C)C)ccn3)c3oc4ccccc4c23)-c2nccn21.[Pt+2]. The minimum Gasteiger partial charge on any atom is -0.498 e. The normalized spacial score (nSPS) is 13.0. The summed E-state index contributed by atoms with van der Waals surface area (Å²) in [5, 5.41) is 4.23. The standard InChI is InChI=1S/C53H41BN8O.Pt/c1-30-14-12-15-31(2)47(30)54-58(7)49-37(51-56-24-25-59(51)54)28-43(50-46(49)35-18-9-11-21-44(35)63-50)60-38-19-10-8-17-34(38)36-27-41-42(29-40(36)60)62(45-26-33(22-23-55-45)53(4,5)6)52-57-48-32(3)16-13-20-39(48)61(41)52;/h8-27H,1-7H3;/q-2;+2. The minimum atomic E-state index is -0.126. The van der Waals surface area contributed by atoms with Crippen molar-refractivity contribution >= 4 is 89.7 Å². The molecule has 6 aromatic heterocycles.